The van der Waals surface area contributed by atoms with Crippen LogP contribution in [0, 0.1) is 5.82 Å². The van der Waals surface area contributed by atoms with E-state index in [1.165, 1.54) is 26.4 Å². The van der Waals surface area contributed by atoms with E-state index in [2.05, 4.69) is 25.7 Å². The highest BCUT2D eigenvalue weighted by Crippen LogP contribution is 2.35. The molecular weight excluding hydrogens is 431 g/mol. The number of nitrogens with two attached hydrogens (primary N) is 1. The third-order valence-electron chi connectivity index (χ3n) is 3.71. The van der Waals surface area contributed by atoms with Crippen molar-refractivity contribution in [3.05, 3.63) is 28.7 Å². The molecular formula is C19H22ClFN6O4. The average molecular weight is 453 g/mol. The summed E-state index contributed by atoms with van der Waals surface area (Å²) >= 11 is 5.92. The van der Waals surface area contributed by atoms with Gasteiger partial charge in [0.2, 0.25) is 0 Å². The van der Waals surface area contributed by atoms with Gasteiger partial charge in [0.1, 0.15) is 0 Å². The first-order valence-electron chi connectivity index (χ1n) is 8.92. The molecule has 3 N–H and O–H groups in total. The largest absolute Gasteiger partial charge is 0.492 e. The highest BCUT2D eigenvalue weighted by Gasteiger charge is 2.24. The van der Waals surface area contributed by atoms with E-state index in [4.69, 9.17) is 31.6 Å². The quantitative estimate of drug-likeness (QED) is 0.354. The van der Waals surface area contributed by atoms with Gasteiger partial charge in [-0.15, -0.1) is 0 Å². The summed E-state index contributed by atoms with van der Waals surface area (Å²) in [6.45, 7) is 5.53. The van der Waals surface area contributed by atoms with E-state index < -0.39 is 11.8 Å². The zero-order valence-corrected chi connectivity index (χ0v) is 18.4. The number of ether oxygens (including phenoxy) is 2. The number of hydrogen-bond acceptors (Lipinski definition) is 10. The Morgan fingerprint density at radius 3 is 2.48 bits per heavy atom. The van der Waals surface area contributed by atoms with Crippen LogP contribution in [0.3, 0.4) is 0 Å². The number of nitrogens with one attached hydrogen (secondary N) is 1. The Hall–Kier alpha value is -3.47. The van der Waals surface area contributed by atoms with E-state index >= 15 is 0 Å². The van der Waals surface area contributed by atoms with Crippen molar-refractivity contribution in [2.45, 2.75) is 20.8 Å². The van der Waals surface area contributed by atoms with Gasteiger partial charge in [0.25, 0.3) is 0 Å². The van der Waals surface area contributed by atoms with Gasteiger partial charge in [-0.2, -0.15) is 5.10 Å². The molecule has 0 spiro atoms. The van der Waals surface area contributed by atoms with E-state index in [-0.39, 0.29) is 46.0 Å². The number of oxime groups is 1. The van der Waals surface area contributed by atoms with Gasteiger partial charge in [-0.05, 0) is 32.9 Å². The van der Waals surface area contributed by atoms with E-state index in [0.717, 1.165) is 5.71 Å². The monoisotopic (exact) mass is 452 g/mol. The molecule has 0 aliphatic rings. The Bertz CT molecular complexity index is 1040. The van der Waals surface area contributed by atoms with Gasteiger partial charge in [-0.3, -0.25) is 0 Å². The molecule has 1 heterocycles. The molecule has 0 aliphatic heterocycles. The second-order valence-corrected chi connectivity index (χ2v) is 6.76. The summed E-state index contributed by atoms with van der Waals surface area (Å²) in [6, 6.07) is 2.74. The maximum absolute atomic E-state index is 14.8. The minimum Gasteiger partial charge on any atom is -0.492 e. The van der Waals surface area contributed by atoms with Crippen molar-refractivity contribution in [2.24, 2.45) is 10.3 Å². The van der Waals surface area contributed by atoms with Crippen molar-refractivity contribution in [3.8, 4) is 22.9 Å². The first-order chi connectivity index (χ1) is 14.7. The zero-order valence-electron chi connectivity index (χ0n) is 17.6. The van der Waals surface area contributed by atoms with Gasteiger partial charge in [0, 0.05) is 5.71 Å². The number of rotatable bonds is 8. The van der Waals surface area contributed by atoms with Crippen LogP contribution < -0.4 is 20.6 Å². The van der Waals surface area contributed by atoms with Crippen molar-refractivity contribution in [1.29, 1.82) is 0 Å². The maximum Gasteiger partial charge on any atom is 0.387 e. The summed E-state index contributed by atoms with van der Waals surface area (Å²) in [5, 5.41) is 7.78. The predicted molar refractivity (Wildman–Crippen MR) is 115 cm³/mol. The van der Waals surface area contributed by atoms with E-state index in [9.17, 15) is 9.18 Å². The molecule has 2 aromatic rings. The first kappa shape index (κ1) is 23.8. The number of carbonyl (C=O) groups excluding carboxylic acids is 1. The van der Waals surface area contributed by atoms with Crippen molar-refractivity contribution in [1.82, 2.24) is 15.4 Å². The average Bonchev–Trinajstić information content (AvgIpc) is 2.71. The van der Waals surface area contributed by atoms with Crippen LogP contribution in [-0.4, -0.2) is 48.1 Å². The van der Waals surface area contributed by atoms with E-state index in [1.807, 2.05) is 13.8 Å². The van der Waals surface area contributed by atoms with Gasteiger partial charge >= 0.3 is 5.97 Å². The number of benzene rings is 1. The van der Waals surface area contributed by atoms with Crippen LogP contribution in [-0.2, 0) is 4.84 Å². The molecule has 0 radical (unpaired) electrons. The molecule has 0 saturated heterocycles. The lowest BCUT2D eigenvalue weighted by Crippen LogP contribution is -2.18. The van der Waals surface area contributed by atoms with Crippen LogP contribution in [0.1, 0.15) is 31.3 Å². The number of anilines is 1. The summed E-state index contributed by atoms with van der Waals surface area (Å²) in [5.74, 6) is -2.49. The second kappa shape index (κ2) is 10.5. The lowest BCUT2D eigenvalue weighted by molar-refractivity contribution is 0.0504. The number of nitrogens with zero attached hydrogens (tertiary/aromatic N) is 4. The third kappa shape index (κ3) is 5.79. The fourth-order valence-corrected chi connectivity index (χ4v) is 2.55. The van der Waals surface area contributed by atoms with Crippen LogP contribution >= 0.6 is 11.6 Å². The van der Waals surface area contributed by atoms with E-state index in [0.29, 0.717) is 5.71 Å². The molecule has 31 heavy (non-hydrogen) atoms. The van der Waals surface area contributed by atoms with Crippen LogP contribution in [0.5, 0.6) is 11.5 Å². The highest BCUT2D eigenvalue weighted by molar-refractivity contribution is 6.32. The maximum atomic E-state index is 14.8. The van der Waals surface area contributed by atoms with Gasteiger partial charge in [0.15, 0.2) is 34.7 Å². The van der Waals surface area contributed by atoms with Crippen LogP contribution in [0.2, 0.25) is 5.02 Å². The summed E-state index contributed by atoms with van der Waals surface area (Å²) in [7, 11) is 2.55. The molecule has 2 rings (SSSR count). The molecule has 0 fully saturated rings. The molecule has 166 valence electrons. The minimum atomic E-state index is -0.969. The molecule has 0 unspecified atom stereocenters. The standard InChI is InChI=1S/C19H22ClFN6O4/c1-9(2)26-23-8-10(3)27-31-19(28)14-16(30-5)17(22)25-18(24-14)11-6-7-12(20)15(29-4)13(11)21/h6-7,23H,8H2,1-5H3,(H2,22,24,25)/b27-10+. The number of hydrogen-bond donors (Lipinski definition) is 2. The van der Waals surface area contributed by atoms with Crippen molar-refractivity contribution < 1.29 is 23.5 Å². The molecule has 1 aromatic carbocycles. The molecule has 0 saturated carbocycles. The molecule has 1 aromatic heterocycles. The normalized spacial score (nSPS) is 11.0. The smallest absolute Gasteiger partial charge is 0.387 e. The SMILES string of the molecule is COc1c(N)nc(-c2ccc(Cl)c(OC)c2F)nc1C(=O)O/N=C(\C)CNN=C(C)C. The van der Waals surface area contributed by atoms with Gasteiger partial charge in [-0.1, -0.05) is 16.8 Å². The number of halogens is 2. The Morgan fingerprint density at radius 1 is 1.19 bits per heavy atom. The molecule has 0 bridgehead atoms. The fraction of sp³-hybridized carbons (Fsp3) is 0.316. The number of methoxy groups -OCH3 is 2. The van der Waals surface area contributed by atoms with Crippen molar-refractivity contribution >= 4 is 34.8 Å². The summed E-state index contributed by atoms with van der Waals surface area (Å²) < 4.78 is 24.8. The van der Waals surface area contributed by atoms with E-state index in [1.54, 1.807) is 6.92 Å². The molecule has 10 nitrogen and oxygen atoms in total. The Morgan fingerprint density at radius 2 is 1.87 bits per heavy atom. The topological polar surface area (TPSA) is 133 Å². The Balaban J connectivity index is 2.39. The van der Waals surface area contributed by atoms with Crippen LogP contribution in [0.15, 0.2) is 22.4 Å². The minimum absolute atomic E-state index is 0.0610. The third-order valence-corrected chi connectivity index (χ3v) is 4.00. The first-order valence-corrected chi connectivity index (χ1v) is 9.29. The zero-order chi connectivity index (χ0) is 23.1. The lowest BCUT2D eigenvalue weighted by atomic mass is 10.1. The summed E-state index contributed by atoms with van der Waals surface area (Å²) in [4.78, 5) is 25.6. The lowest BCUT2D eigenvalue weighted by Gasteiger charge is -2.12. The summed E-state index contributed by atoms with van der Waals surface area (Å²) in [5.41, 5.74) is 9.50. The molecule has 12 heteroatoms. The van der Waals surface area contributed by atoms with Crippen LogP contribution in [0.4, 0.5) is 10.2 Å². The Kier molecular flexibility index (Phi) is 8.08. The van der Waals surface area contributed by atoms with Crippen molar-refractivity contribution in [2.75, 3.05) is 26.5 Å². The number of nitrogen functional groups attached to an aromatic ring is 1. The Labute approximate surface area is 183 Å². The number of carbonyl (C=O) groups is 1. The predicted octanol–water partition coefficient (Wildman–Crippen LogP) is 3.05. The highest BCUT2D eigenvalue weighted by atomic mass is 35.5. The molecule has 0 atom stereocenters. The second-order valence-electron chi connectivity index (χ2n) is 6.36. The summed E-state index contributed by atoms with van der Waals surface area (Å²) in [6.07, 6.45) is 0. The molecule has 0 aliphatic carbocycles. The fourth-order valence-electron chi connectivity index (χ4n) is 2.33. The van der Waals surface area contributed by atoms with Crippen molar-refractivity contribution in [3.63, 3.8) is 0 Å². The van der Waals surface area contributed by atoms with Crippen LogP contribution in [0.25, 0.3) is 11.4 Å². The number of hydrazone groups is 1. The van der Waals surface area contributed by atoms with Gasteiger partial charge < -0.3 is 25.5 Å². The number of aromatic nitrogens is 2. The molecule has 0 amide bonds. The van der Waals surface area contributed by atoms with Gasteiger partial charge in [-0.25, -0.2) is 19.2 Å². The van der Waals surface area contributed by atoms with Gasteiger partial charge in [0.05, 0.1) is 37.1 Å².